The van der Waals surface area contributed by atoms with Crippen molar-refractivity contribution in [2.75, 3.05) is 18.8 Å². The Morgan fingerprint density at radius 2 is 1.59 bits per heavy atom. The van der Waals surface area contributed by atoms with Gasteiger partial charge in [-0.25, -0.2) is 4.79 Å². The molecular formula is C26H32Cl2N2O4. The van der Waals surface area contributed by atoms with E-state index < -0.39 is 12.1 Å². The average Bonchev–Trinajstić information content (AvgIpc) is 2.77. The maximum atomic E-state index is 11.5. The first-order valence-corrected chi connectivity index (χ1v) is 10.7. The van der Waals surface area contributed by atoms with E-state index in [-0.39, 0.29) is 36.5 Å². The lowest BCUT2D eigenvalue weighted by molar-refractivity contribution is 0.0690. The molecule has 0 amide bonds. The molecule has 3 rings (SSSR count). The molecule has 1 atom stereocenters. The number of rotatable bonds is 10. The highest BCUT2D eigenvalue weighted by Crippen LogP contribution is 2.28. The molecule has 8 heteroatoms. The standard InChI is InChI=1S/C26H30N2O4.2ClH/c1-17(2)32-25-15-21(9-12-23(25)26(30)31)19-5-3-18(4-6-19)13-14-28-16-24(29)20-7-10-22(27)11-8-20;;/h3-12,15,17,24,28-29H,13-14,16,27H2,1-2H3,(H,30,31);2*1H/t24-;;/m0../s1. The fourth-order valence-electron chi connectivity index (χ4n) is 3.40. The fraction of sp³-hybridized carbons (Fsp3) is 0.269. The Balaban J connectivity index is 0.00000289. The number of anilines is 1. The second kappa shape index (κ2) is 13.8. The highest BCUT2D eigenvalue weighted by Gasteiger charge is 2.14. The van der Waals surface area contributed by atoms with Crippen LogP contribution in [0.15, 0.2) is 66.7 Å². The van der Waals surface area contributed by atoms with Gasteiger partial charge in [0, 0.05) is 12.2 Å². The first-order valence-electron chi connectivity index (χ1n) is 10.7. The van der Waals surface area contributed by atoms with Gasteiger partial charge in [-0.05, 0) is 73.3 Å². The number of hydrogen-bond donors (Lipinski definition) is 4. The summed E-state index contributed by atoms with van der Waals surface area (Å²) in [6.45, 7) is 4.95. The SMILES string of the molecule is CC(C)Oc1cc(-c2ccc(CCNC[C@H](O)c3ccc(N)cc3)cc2)ccc1C(=O)O.Cl.Cl. The van der Waals surface area contributed by atoms with E-state index >= 15 is 0 Å². The molecule has 0 aromatic heterocycles. The predicted molar refractivity (Wildman–Crippen MR) is 141 cm³/mol. The highest BCUT2D eigenvalue weighted by atomic mass is 35.5. The molecule has 184 valence electrons. The second-order valence-electron chi connectivity index (χ2n) is 8.02. The number of nitrogens with two attached hydrogens (primary N) is 1. The van der Waals surface area contributed by atoms with Crippen molar-refractivity contribution in [1.29, 1.82) is 0 Å². The summed E-state index contributed by atoms with van der Waals surface area (Å²) in [4.78, 5) is 11.5. The van der Waals surface area contributed by atoms with E-state index in [2.05, 4.69) is 17.4 Å². The van der Waals surface area contributed by atoms with E-state index in [1.165, 1.54) is 5.56 Å². The minimum atomic E-state index is -1.00. The summed E-state index contributed by atoms with van der Waals surface area (Å²) < 4.78 is 5.70. The smallest absolute Gasteiger partial charge is 0.339 e. The van der Waals surface area contributed by atoms with Crippen molar-refractivity contribution in [3.05, 3.63) is 83.4 Å². The number of halogens is 2. The Labute approximate surface area is 213 Å². The molecule has 34 heavy (non-hydrogen) atoms. The van der Waals surface area contributed by atoms with E-state index in [4.69, 9.17) is 10.5 Å². The normalized spacial score (nSPS) is 11.3. The lowest BCUT2D eigenvalue weighted by Crippen LogP contribution is -2.23. The van der Waals surface area contributed by atoms with Crippen LogP contribution in [0.5, 0.6) is 5.75 Å². The van der Waals surface area contributed by atoms with Crippen LogP contribution in [0.4, 0.5) is 5.69 Å². The number of ether oxygens (including phenoxy) is 1. The fourth-order valence-corrected chi connectivity index (χ4v) is 3.40. The molecule has 0 aliphatic heterocycles. The van der Waals surface area contributed by atoms with Crippen LogP contribution in [0.2, 0.25) is 0 Å². The van der Waals surface area contributed by atoms with Crippen LogP contribution in [-0.2, 0) is 6.42 Å². The van der Waals surface area contributed by atoms with Crippen LogP contribution in [0.1, 0.15) is 41.4 Å². The number of aliphatic hydroxyl groups excluding tert-OH is 1. The number of carboxylic acids is 1. The molecule has 0 bridgehead atoms. The van der Waals surface area contributed by atoms with Crippen molar-refractivity contribution in [2.24, 2.45) is 0 Å². The monoisotopic (exact) mass is 506 g/mol. The minimum absolute atomic E-state index is 0. The van der Waals surface area contributed by atoms with Crippen LogP contribution in [0.25, 0.3) is 11.1 Å². The van der Waals surface area contributed by atoms with Crippen molar-refractivity contribution in [3.8, 4) is 16.9 Å². The largest absolute Gasteiger partial charge is 0.490 e. The third kappa shape index (κ3) is 8.22. The number of nitrogens with one attached hydrogen (secondary N) is 1. The molecule has 5 N–H and O–H groups in total. The lowest BCUT2D eigenvalue weighted by atomic mass is 10.0. The van der Waals surface area contributed by atoms with Gasteiger partial charge in [0.05, 0.1) is 12.2 Å². The van der Waals surface area contributed by atoms with Gasteiger partial charge in [0.15, 0.2) is 0 Å². The molecule has 0 saturated heterocycles. The number of carboxylic acid groups (broad SMARTS) is 1. The number of benzene rings is 3. The van der Waals surface area contributed by atoms with Crippen molar-refractivity contribution in [1.82, 2.24) is 5.32 Å². The quantitative estimate of drug-likeness (QED) is 0.224. The molecule has 0 aliphatic rings. The van der Waals surface area contributed by atoms with Gasteiger partial charge in [-0.15, -0.1) is 24.8 Å². The van der Waals surface area contributed by atoms with E-state index in [1.807, 2.05) is 38.1 Å². The first kappa shape index (κ1) is 29.3. The summed E-state index contributed by atoms with van der Waals surface area (Å²) in [6, 6.07) is 20.6. The number of nitrogen functional groups attached to an aromatic ring is 1. The minimum Gasteiger partial charge on any atom is -0.490 e. The van der Waals surface area contributed by atoms with Gasteiger partial charge in [-0.2, -0.15) is 0 Å². The molecule has 0 fully saturated rings. The van der Waals surface area contributed by atoms with Gasteiger partial charge in [0.25, 0.3) is 0 Å². The molecule has 0 radical (unpaired) electrons. The molecule has 0 spiro atoms. The maximum absolute atomic E-state index is 11.5. The van der Waals surface area contributed by atoms with Gasteiger partial charge in [0.2, 0.25) is 0 Å². The van der Waals surface area contributed by atoms with Gasteiger partial charge >= 0.3 is 5.97 Å². The number of carbonyl (C=O) groups is 1. The summed E-state index contributed by atoms with van der Waals surface area (Å²) in [5.74, 6) is -0.630. The zero-order valence-corrected chi connectivity index (χ0v) is 20.9. The first-order chi connectivity index (χ1) is 15.3. The highest BCUT2D eigenvalue weighted by molar-refractivity contribution is 5.92. The molecule has 0 saturated carbocycles. The third-order valence-corrected chi connectivity index (χ3v) is 5.11. The van der Waals surface area contributed by atoms with Gasteiger partial charge in [-0.3, -0.25) is 0 Å². The van der Waals surface area contributed by atoms with Crippen molar-refractivity contribution in [3.63, 3.8) is 0 Å². The summed E-state index contributed by atoms with van der Waals surface area (Å²) in [6.07, 6.45) is 0.139. The molecule has 3 aromatic carbocycles. The molecular weight excluding hydrogens is 475 g/mol. The molecule has 0 heterocycles. The van der Waals surface area contributed by atoms with Crippen LogP contribution in [0.3, 0.4) is 0 Å². The summed E-state index contributed by atoms with van der Waals surface area (Å²) in [7, 11) is 0. The van der Waals surface area contributed by atoms with Crippen LogP contribution < -0.4 is 15.8 Å². The number of aromatic carboxylic acids is 1. The van der Waals surface area contributed by atoms with Crippen LogP contribution >= 0.6 is 24.8 Å². The van der Waals surface area contributed by atoms with Crippen molar-refractivity contribution < 1.29 is 19.7 Å². The maximum Gasteiger partial charge on any atom is 0.339 e. The topological polar surface area (TPSA) is 105 Å². The molecule has 6 nitrogen and oxygen atoms in total. The molecule has 0 unspecified atom stereocenters. The Bertz CT molecular complexity index is 1040. The van der Waals surface area contributed by atoms with E-state index in [0.717, 1.165) is 29.7 Å². The molecule has 0 aliphatic carbocycles. The summed E-state index contributed by atoms with van der Waals surface area (Å²) in [5, 5.41) is 22.9. The molecule has 3 aromatic rings. The summed E-state index contributed by atoms with van der Waals surface area (Å²) in [5.41, 5.74) is 10.4. The Kier molecular flexibility index (Phi) is 11.9. The van der Waals surface area contributed by atoms with Gasteiger partial charge < -0.3 is 26.0 Å². The number of aliphatic hydroxyl groups is 1. The predicted octanol–water partition coefficient (Wildman–Crippen LogP) is 5.13. The zero-order chi connectivity index (χ0) is 23.1. The Hall–Kier alpha value is -2.77. The van der Waals surface area contributed by atoms with Gasteiger partial charge in [-0.1, -0.05) is 42.5 Å². The second-order valence-corrected chi connectivity index (χ2v) is 8.02. The number of hydrogen-bond acceptors (Lipinski definition) is 5. The van der Waals surface area contributed by atoms with E-state index in [0.29, 0.717) is 18.0 Å². The Morgan fingerprint density at radius 1 is 0.971 bits per heavy atom. The summed E-state index contributed by atoms with van der Waals surface area (Å²) >= 11 is 0. The third-order valence-electron chi connectivity index (χ3n) is 5.11. The average molecular weight is 507 g/mol. The van der Waals surface area contributed by atoms with Crippen LogP contribution in [0, 0.1) is 0 Å². The van der Waals surface area contributed by atoms with Gasteiger partial charge in [0.1, 0.15) is 11.3 Å². The van der Waals surface area contributed by atoms with E-state index in [9.17, 15) is 15.0 Å². The van der Waals surface area contributed by atoms with E-state index in [1.54, 1.807) is 30.3 Å². The van der Waals surface area contributed by atoms with Crippen LogP contribution in [-0.4, -0.2) is 35.4 Å². The zero-order valence-electron chi connectivity index (χ0n) is 19.2. The Morgan fingerprint density at radius 3 is 2.18 bits per heavy atom. The van der Waals surface area contributed by atoms with Crippen molar-refractivity contribution in [2.45, 2.75) is 32.5 Å². The van der Waals surface area contributed by atoms with Crippen molar-refractivity contribution >= 4 is 36.5 Å². The lowest BCUT2D eigenvalue weighted by Gasteiger charge is -2.14.